The van der Waals surface area contributed by atoms with Gasteiger partial charge < -0.3 is 9.47 Å². The number of hydrogen-bond donors (Lipinski definition) is 0. The number of aromatic nitrogens is 2. The van der Waals surface area contributed by atoms with Crippen molar-refractivity contribution >= 4 is 0 Å². The summed E-state index contributed by atoms with van der Waals surface area (Å²) in [4.78, 5) is 9.11. The van der Waals surface area contributed by atoms with Gasteiger partial charge in [0, 0.05) is 23.8 Å². The first-order valence-corrected chi connectivity index (χ1v) is 21.0. The van der Waals surface area contributed by atoms with Crippen molar-refractivity contribution < 1.29 is 9.47 Å². The minimum atomic E-state index is 0.817. The highest BCUT2D eigenvalue weighted by molar-refractivity contribution is 5.65. The van der Waals surface area contributed by atoms with E-state index in [1.807, 2.05) is 24.5 Å². The summed E-state index contributed by atoms with van der Waals surface area (Å²) in [5, 5.41) is 0. The zero-order valence-corrected chi connectivity index (χ0v) is 34.3. The van der Waals surface area contributed by atoms with Gasteiger partial charge in [0.2, 0.25) is 0 Å². The summed E-state index contributed by atoms with van der Waals surface area (Å²) < 4.78 is 11.1. The first-order valence-electron chi connectivity index (χ1n) is 21.0. The normalized spacial score (nSPS) is 10.8. The zero-order valence-electron chi connectivity index (χ0n) is 34.3. The molecule has 2 aromatic heterocycles. The SMILES string of the molecule is CCCCCCCCCOc1ccc(-c2ccc(CCc3ccc(CC)cn3)cc2)cc1.CCc1ccc(CCc2ccc(-c3ccc(OC)cc3)cc2)nc1. The molecule has 292 valence electrons. The number of rotatable bonds is 20. The molecule has 0 N–H and O–H groups in total. The van der Waals surface area contributed by atoms with Gasteiger partial charge in [-0.3, -0.25) is 9.97 Å². The third-order valence-corrected chi connectivity index (χ3v) is 10.5. The van der Waals surface area contributed by atoms with Gasteiger partial charge in [0.25, 0.3) is 0 Å². The molecule has 0 spiro atoms. The van der Waals surface area contributed by atoms with Crippen molar-refractivity contribution in [3.05, 3.63) is 167 Å². The van der Waals surface area contributed by atoms with Gasteiger partial charge in [0.05, 0.1) is 13.7 Å². The molecule has 0 unspecified atom stereocenters. The van der Waals surface area contributed by atoms with E-state index in [-0.39, 0.29) is 0 Å². The molecule has 0 saturated heterocycles. The quantitative estimate of drug-likeness (QED) is 0.0730. The Labute approximate surface area is 337 Å². The molecule has 0 aliphatic rings. The van der Waals surface area contributed by atoms with Crippen LogP contribution in [-0.2, 0) is 38.5 Å². The Kier molecular flexibility index (Phi) is 17.7. The van der Waals surface area contributed by atoms with Crippen LogP contribution in [0.1, 0.15) is 99.4 Å². The molecule has 0 fully saturated rings. The molecule has 2 heterocycles. The van der Waals surface area contributed by atoms with Crippen LogP contribution in [0.3, 0.4) is 0 Å². The molecule has 4 aromatic carbocycles. The summed E-state index contributed by atoms with van der Waals surface area (Å²) in [5.74, 6) is 1.86. The molecule has 4 nitrogen and oxygen atoms in total. The van der Waals surface area contributed by atoms with Crippen LogP contribution in [0.4, 0.5) is 0 Å². The third-order valence-electron chi connectivity index (χ3n) is 10.5. The Bertz CT molecular complexity index is 1930. The summed E-state index contributed by atoms with van der Waals surface area (Å²) in [6.07, 6.45) is 19.2. The van der Waals surface area contributed by atoms with Crippen molar-refractivity contribution in [3.8, 4) is 33.8 Å². The second-order valence-corrected chi connectivity index (χ2v) is 14.6. The minimum Gasteiger partial charge on any atom is -0.497 e. The molecule has 0 saturated carbocycles. The van der Waals surface area contributed by atoms with Gasteiger partial charge in [-0.1, -0.05) is 144 Å². The smallest absolute Gasteiger partial charge is 0.119 e. The van der Waals surface area contributed by atoms with Gasteiger partial charge in [-0.2, -0.15) is 0 Å². The van der Waals surface area contributed by atoms with E-state index in [4.69, 9.17) is 9.47 Å². The fraction of sp³-hybridized carbons (Fsp3) is 0.346. The second-order valence-electron chi connectivity index (χ2n) is 14.6. The number of hydrogen-bond acceptors (Lipinski definition) is 4. The lowest BCUT2D eigenvalue weighted by Gasteiger charge is -2.08. The van der Waals surface area contributed by atoms with Gasteiger partial charge in [-0.15, -0.1) is 0 Å². The number of benzene rings is 4. The summed E-state index contributed by atoms with van der Waals surface area (Å²) in [7, 11) is 1.69. The average molecular weight is 747 g/mol. The van der Waals surface area contributed by atoms with Crippen LogP contribution < -0.4 is 9.47 Å². The lowest BCUT2D eigenvalue weighted by atomic mass is 10.0. The monoisotopic (exact) mass is 746 g/mol. The van der Waals surface area contributed by atoms with Crippen molar-refractivity contribution in [1.29, 1.82) is 0 Å². The number of methoxy groups -OCH3 is 1. The average Bonchev–Trinajstić information content (AvgIpc) is 3.27. The van der Waals surface area contributed by atoms with E-state index in [1.165, 1.54) is 88.7 Å². The summed E-state index contributed by atoms with van der Waals surface area (Å²) in [6.45, 7) is 7.40. The van der Waals surface area contributed by atoms with Gasteiger partial charge in [0.1, 0.15) is 11.5 Å². The summed E-state index contributed by atoms with van der Waals surface area (Å²) in [5.41, 5.74) is 12.5. The van der Waals surface area contributed by atoms with E-state index >= 15 is 0 Å². The van der Waals surface area contributed by atoms with E-state index in [9.17, 15) is 0 Å². The fourth-order valence-corrected chi connectivity index (χ4v) is 6.67. The van der Waals surface area contributed by atoms with Crippen molar-refractivity contribution in [2.24, 2.45) is 0 Å². The Morgan fingerprint density at radius 3 is 1.18 bits per heavy atom. The first-order chi connectivity index (χ1) is 27.6. The molecule has 0 radical (unpaired) electrons. The van der Waals surface area contributed by atoms with Crippen LogP contribution in [0.2, 0.25) is 0 Å². The molecule has 0 amide bonds. The number of ether oxygens (including phenoxy) is 2. The van der Waals surface area contributed by atoms with Crippen LogP contribution in [0.25, 0.3) is 22.3 Å². The van der Waals surface area contributed by atoms with E-state index in [0.717, 1.165) is 68.7 Å². The molecule has 4 heteroatoms. The van der Waals surface area contributed by atoms with E-state index < -0.39 is 0 Å². The van der Waals surface area contributed by atoms with Crippen LogP contribution in [0, 0.1) is 0 Å². The number of nitrogens with zero attached hydrogens (tertiary/aromatic N) is 2. The van der Waals surface area contributed by atoms with Crippen molar-refractivity contribution in [1.82, 2.24) is 9.97 Å². The lowest BCUT2D eigenvalue weighted by molar-refractivity contribution is 0.304. The Morgan fingerprint density at radius 1 is 0.393 bits per heavy atom. The molecule has 0 atom stereocenters. The molecule has 6 aromatic rings. The largest absolute Gasteiger partial charge is 0.497 e. The highest BCUT2D eigenvalue weighted by Gasteiger charge is 2.04. The molecule has 56 heavy (non-hydrogen) atoms. The van der Waals surface area contributed by atoms with E-state index in [0.29, 0.717) is 0 Å². The molecule has 0 aliphatic carbocycles. The van der Waals surface area contributed by atoms with Gasteiger partial charge in [0.15, 0.2) is 0 Å². The standard InChI is InChI=1S/C30H39NO.C22H23NO/c1-3-5-6-7-8-9-10-23-32-30-21-17-28(18-22-30)27-15-11-26(12-16-27)14-20-29-19-13-25(4-2)24-31-29;1-3-17-6-12-21(23-16-17)13-7-18-4-8-19(9-5-18)20-10-14-22(24-2)15-11-20/h11-13,15-19,21-22,24H,3-10,14,20,23H2,1-2H3;4-6,8-12,14-16H,3,7,13H2,1-2H3. The molecular formula is C52H62N2O2. The Morgan fingerprint density at radius 2 is 0.786 bits per heavy atom. The van der Waals surface area contributed by atoms with Crippen LogP contribution in [0.15, 0.2) is 134 Å². The topological polar surface area (TPSA) is 44.2 Å². The number of pyridine rings is 2. The predicted molar refractivity (Wildman–Crippen MR) is 236 cm³/mol. The molecule has 0 aliphatic heterocycles. The maximum atomic E-state index is 5.93. The Hall–Kier alpha value is -5.22. The molecule has 6 rings (SSSR count). The third kappa shape index (κ3) is 14.1. The highest BCUT2D eigenvalue weighted by Crippen LogP contribution is 2.25. The van der Waals surface area contributed by atoms with Crippen LogP contribution >= 0.6 is 0 Å². The second kappa shape index (κ2) is 23.6. The molecular weight excluding hydrogens is 685 g/mol. The van der Waals surface area contributed by atoms with E-state index in [2.05, 4.69) is 140 Å². The van der Waals surface area contributed by atoms with E-state index in [1.54, 1.807) is 7.11 Å². The highest BCUT2D eigenvalue weighted by atomic mass is 16.5. The fourth-order valence-electron chi connectivity index (χ4n) is 6.67. The van der Waals surface area contributed by atoms with Gasteiger partial charge in [-0.05, 0) is 126 Å². The molecule has 0 bridgehead atoms. The van der Waals surface area contributed by atoms with Gasteiger partial charge in [-0.25, -0.2) is 0 Å². The van der Waals surface area contributed by atoms with Crippen molar-refractivity contribution in [2.75, 3.05) is 13.7 Å². The first kappa shape index (κ1) is 41.9. The Balaban J connectivity index is 0.000000223. The zero-order chi connectivity index (χ0) is 39.2. The van der Waals surface area contributed by atoms with Crippen molar-refractivity contribution in [2.45, 2.75) is 104 Å². The van der Waals surface area contributed by atoms with Gasteiger partial charge >= 0.3 is 0 Å². The minimum absolute atomic E-state index is 0.817. The number of unbranched alkanes of at least 4 members (excludes halogenated alkanes) is 6. The summed E-state index contributed by atoms with van der Waals surface area (Å²) >= 11 is 0. The predicted octanol–water partition coefficient (Wildman–Crippen LogP) is 13.3. The van der Waals surface area contributed by atoms with Crippen LogP contribution in [-0.4, -0.2) is 23.7 Å². The number of aryl methyl sites for hydroxylation is 6. The van der Waals surface area contributed by atoms with Crippen molar-refractivity contribution in [3.63, 3.8) is 0 Å². The summed E-state index contributed by atoms with van der Waals surface area (Å²) in [6, 6.07) is 43.0. The maximum absolute atomic E-state index is 5.93. The lowest BCUT2D eigenvalue weighted by Crippen LogP contribution is -1.97. The van der Waals surface area contributed by atoms with Crippen LogP contribution in [0.5, 0.6) is 11.5 Å². The maximum Gasteiger partial charge on any atom is 0.119 e.